The van der Waals surface area contributed by atoms with Gasteiger partial charge in [0.05, 0.1) is 4.91 Å². The molecule has 140 valence electrons. The van der Waals surface area contributed by atoms with Crippen LogP contribution in [0.15, 0.2) is 29.2 Å². The van der Waals surface area contributed by atoms with E-state index in [9.17, 15) is 9.59 Å². The summed E-state index contributed by atoms with van der Waals surface area (Å²) in [6.45, 7) is 7.06. The lowest BCUT2D eigenvalue weighted by Crippen LogP contribution is -2.29. The van der Waals surface area contributed by atoms with Gasteiger partial charge in [-0.3, -0.25) is 14.5 Å². The number of hydrogen-bond acceptors (Lipinski definition) is 4. The van der Waals surface area contributed by atoms with E-state index in [1.165, 1.54) is 17.3 Å². The first-order valence-electron chi connectivity index (χ1n) is 8.76. The Labute approximate surface area is 164 Å². The van der Waals surface area contributed by atoms with E-state index in [0.717, 1.165) is 18.4 Å². The summed E-state index contributed by atoms with van der Waals surface area (Å²) in [5.74, 6) is -0.839. The second-order valence-corrected chi connectivity index (χ2v) is 9.09. The number of carbonyl (C=O) groups is 2. The molecule has 0 spiro atoms. The molecule has 1 aliphatic rings. The molecule has 1 fully saturated rings. The zero-order valence-corrected chi connectivity index (χ0v) is 17.1. The summed E-state index contributed by atoms with van der Waals surface area (Å²) in [5, 5.41) is 8.65. The van der Waals surface area contributed by atoms with Gasteiger partial charge in [-0.05, 0) is 35.5 Å². The van der Waals surface area contributed by atoms with Crippen molar-refractivity contribution < 1.29 is 14.7 Å². The van der Waals surface area contributed by atoms with Crippen LogP contribution in [0.5, 0.6) is 0 Å². The second-order valence-electron chi connectivity index (χ2n) is 7.41. The smallest absolute Gasteiger partial charge is 0.303 e. The number of hydrogen-bond donors (Lipinski definition) is 1. The van der Waals surface area contributed by atoms with Crippen LogP contribution in [-0.2, 0) is 15.0 Å². The predicted molar refractivity (Wildman–Crippen MR) is 111 cm³/mol. The number of carboxylic acid groups (broad SMARTS) is 1. The molecule has 4 nitrogen and oxygen atoms in total. The number of carbonyl (C=O) groups excluding carboxylic acids is 1. The quantitative estimate of drug-likeness (QED) is 0.410. The normalized spacial score (nSPS) is 16.6. The zero-order valence-electron chi connectivity index (χ0n) is 15.4. The Bertz CT molecular complexity index is 718. The van der Waals surface area contributed by atoms with Gasteiger partial charge in [0.1, 0.15) is 4.32 Å². The number of aliphatic carboxylic acids is 1. The van der Waals surface area contributed by atoms with Crippen molar-refractivity contribution >= 4 is 46.3 Å². The number of unbranched alkanes of at least 4 members (excludes halogenated alkanes) is 2. The molecule has 1 heterocycles. The van der Waals surface area contributed by atoms with Crippen LogP contribution in [0.2, 0.25) is 0 Å². The van der Waals surface area contributed by atoms with Crippen molar-refractivity contribution in [2.24, 2.45) is 0 Å². The van der Waals surface area contributed by atoms with Crippen LogP contribution < -0.4 is 0 Å². The summed E-state index contributed by atoms with van der Waals surface area (Å²) in [6, 6.07) is 8.24. The molecule has 2 rings (SSSR count). The van der Waals surface area contributed by atoms with Gasteiger partial charge in [0.25, 0.3) is 5.91 Å². The molecular formula is C20H25NO3S2. The van der Waals surface area contributed by atoms with Crippen LogP contribution in [-0.4, -0.2) is 32.7 Å². The van der Waals surface area contributed by atoms with Crippen molar-refractivity contribution in [2.75, 3.05) is 6.54 Å². The van der Waals surface area contributed by atoms with Gasteiger partial charge in [0.2, 0.25) is 0 Å². The molecule has 6 heteroatoms. The summed E-state index contributed by atoms with van der Waals surface area (Å²) in [6.07, 6.45) is 4.21. The van der Waals surface area contributed by atoms with Crippen molar-refractivity contribution in [1.29, 1.82) is 0 Å². The third-order valence-electron chi connectivity index (χ3n) is 4.22. The first kappa shape index (κ1) is 20.6. The minimum atomic E-state index is -0.781. The number of nitrogens with zero attached hydrogens (tertiary/aromatic N) is 1. The monoisotopic (exact) mass is 391 g/mol. The molecular weight excluding hydrogens is 366 g/mol. The highest BCUT2D eigenvalue weighted by molar-refractivity contribution is 8.26. The van der Waals surface area contributed by atoms with E-state index in [-0.39, 0.29) is 17.7 Å². The number of thioether (sulfide) groups is 1. The van der Waals surface area contributed by atoms with Gasteiger partial charge in [-0.1, -0.05) is 75.4 Å². The lowest BCUT2D eigenvalue weighted by molar-refractivity contribution is -0.137. The molecule has 0 saturated carbocycles. The summed E-state index contributed by atoms with van der Waals surface area (Å²) in [7, 11) is 0. The number of rotatable bonds is 7. The summed E-state index contributed by atoms with van der Waals surface area (Å²) in [4.78, 5) is 25.4. The fourth-order valence-corrected chi connectivity index (χ4v) is 3.95. The van der Waals surface area contributed by atoms with E-state index in [4.69, 9.17) is 17.3 Å². The van der Waals surface area contributed by atoms with Crippen molar-refractivity contribution in [3.05, 3.63) is 40.3 Å². The Morgan fingerprint density at radius 2 is 1.85 bits per heavy atom. The van der Waals surface area contributed by atoms with Crippen molar-refractivity contribution in [3.63, 3.8) is 0 Å². The highest BCUT2D eigenvalue weighted by Gasteiger charge is 2.31. The Hall–Kier alpha value is -1.66. The maximum absolute atomic E-state index is 12.6. The van der Waals surface area contributed by atoms with E-state index < -0.39 is 5.97 Å². The Kier molecular flexibility index (Phi) is 7.01. The average molecular weight is 392 g/mol. The first-order valence-corrected chi connectivity index (χ1v) is 9.98. The SMILES string of the molecule is CC(C)(C)c1ccc(/C=C2/SC(=S)N(CCCCCC(=O)O)C2=O)cc1. The van der Waals surface area contributed by atoms with E-state index in [0.29, 0.717) is 22.2 Å². The fourth-order valence-electron chi connectivity index (χ4n) is 2.65. The van der Waals surface area contributed by atoms with Gasteiger partial charge in [0.15, 0.2) is 0 Å². The van der Waals surface area contributed by atoms with Gasteiger partial charge in [-0.15, -0.1) is 0 Å². The number of amides is 1. The van der Waals surface area contributed by atoms with Crippen LogP contribution in [0.25, 0.3) is 6.08 Å². The highest BCUT2D eigenvalue weighted by atomic mass is 32.2. The third-order valence-corrected chi connectivity index (χ3v) is 5.60. The van der Waals surface area contributed by atoms with Crippen LogP contribution >= 0.6 is 24.0 Å². The van der Waals surface area contributed by atoms with Crippen molar-refractivity contribution in [1.82, 2.24) is 4.90 Å². The largest absolute Gasteiger partial charge is 0.481 e. The maximum atomic E-state index is 12.6. The molecule has 1 saturated heterocycles. The maximum Gasteiger partial charge on any atom is 0.303 e. The van der Waals surface area contributed by atoms with Gasteiger partial charge >= 0.3 is 5.97 Å². The average Bonchev–Trinajstić information content (AvgIpc) is 2.81. The van der Waals surface area contributed by atoms with E-state index >= 15 is 0 Å². The Balaban J connectivity index is 1.97. The topological polar surface area (TPSA) is 57.6 Å². The van der Waals surface area contributed by atoms with E-state index in [1.54, 1.807) is 4.90 Å². The van der Waals surface area contributed by atoms with Gasteiger partial charge in [-0.25, -0.2) is 0 Å². The molecule has 26 heavy (non-hydrogen) atoms. The number of benzene rings is 1. The minimum absolute atomic E-state index is 0.0573. The molecule has 1 amide bonds. The lowest BCUT2D eigenvalue weighted by Gasteiger charge is -2.18. The molecule has 1 aromatic carbocycles. The van der Waals surface area contributed by atoms with Crippen molar-refractivity contribution in [2.45, 2.75) is 51.9 Å². The van der Waals surface area contributed by atoms with Gasteiger partial charge < -0.3 is 5.11 Å². The summed E-state index contributed by atoms with van der Waals surface area (Å²) in [5.41, 5.74) is 2.34. The predicted octanol–water partition coefficient (Wildman–Crippen LogP) is 4.83. The molecule has 1 aliphatic heterocycles. The standard InChI is InChI=1S/C20H25NO3S2/c1-20(2,3)15-10-8-14(9-11-15)13-16-18(24)21(19(25)26-16)12-6-4-5-7-17(22)23/h8-11,13H,4-7,12H2,1-3H3,(H,22,23)/b16-13+. The van der Waals surface area contributed by atoms with E-state index in [1.807, 2.05) is 18.2 Å². The zero-order chi connectivity index (χ0) is 19.3. The molecule has 0 radical (unpaired) electrons. The summed E-state index contributed by atoms with van der Waals surface area (Å²) >= 11 is 6.66. The second kappa shape index (κ2) is 8.82. The Morgan fingerprint density at radius 1 is 1.19 bits per heavy atom. The third kappa shape index (κ3) is 5.68. The minimum Gasteiger partial charge on any atom is -0.481 e. The van der Waals surface area contributed by atoms with Crippen LogP contribution in [0.4, 0.5) is 0 Å². The van der Waals surface area contributed by atoms with Crippen LogP contribution in [0.1, 0.15) is 57.6 Å². The molecule has 0 aromatic heterocycles. The molecule has 1 N–H and O–H groups in total. The first-order chi connectivity index (χ1) is 12.2. The molecule has 0 unspecified atom stereocenters. The number of carboxylic acids is 1. The Morgan fingerprint density at radius 3 is 2.42 bits per heavy atom. The molecule has 0 aliphatic carbocycles. The van der Waals surface area contributed by atoms with Crippen LogP contribution in [0, 0.1) is 0 Å². The van der Waals surface area contributed by atoms with E-state index in [2.05, 4.69) is 32.9 Å². The van der Waals surface area contributed by atoms with Gasteiger partial charge in [0, 0.05) is 13.0 Å². The fraction of sp³-hybridized carbons (Fsp3) is 0.450. The van der Waals surface area contributed by atoms with Crippen molar-refractivity contribution in [3.8, 4) is 0 Å². The van der Waals surface area contributed by atoms with Gasteiger partial charge in [-0.2, -0.15) is 0 Å². The molecule has 0 atom stereocenters. The lowest BCUT2D eigenvalue weighted by atomic mass is 9.87. The molecule has 1 aromatic rings. The van der Waals surface area contributed by atoms with Crippen LogP contribution in [0.3, 0.4) is 0 Å². The number of thiocarbonyl (C=S) groups is 1. The summed E-state index contributed by atoms with van der Waals surface area (Å²) < 4.78 is 0.575. The molecule has 0 bridgehead atoms. The highest BCUT2D eigenvalue weighted by Crippen LogP contribution is 2.33.